The first-order chi connectivity index (χ1) is 9.22. The van der Waals surface area contributed by atoms with Crippen LogP contribution in [0.25, 0.3) is 0 Å². The highest BCUT2D eigenvalue weighted by molar-refractivity contribution is 5.32. The molecule has 0 aliphatic rings. The molecule has 0 fully saturated rings. The van der Waals surface area contributed by atoms with Gasteiger partial charge in [0.1, 0.15) is 0 Å². The lowest BCUT2D eigenvalue weighted by Gasteiger charge is -2.13. The lowest BCUT2D eigenvalue weighted by molar-refractivity contribution is 0.711. The number of anilines is 1. The zero-order valence-corrected chi connectivity index (χ0v) is 10.9. The van der Waals surface area contributed by atoms with E-state index in [1.807, 2.05) is 37.3 Å². The normalized spacial score (nSPS) is 12.1. The lowest BCUT2D eigenvalue weighted by atomic mass is 10.1. The fourth-order valence-corrected chi connectivity index (χ4v) is 1.84. The van der Waals surface area contributed by atoms with Crippen LogP contribution in [0.1, 0.15) is 18.5 Å². The van der Waals surface area contributed by atoms with Gasteiger partial charge < -0.3 is 15.6 Å². The highest BCUT2D eigenvalue weighted by atomic mass is 16.1. The van der Waals surface area contributed by atoms with Crippen molar-refractivity contribution in [2.45, 2.75) is 19.5 Å². The van der Waals surface area contributed by atoms with Crippen LogP contribution in [0.2, 0.25) is 0 Å². The summed E-state index contributed by atoms with van der Waals surface area (Å²) in [5, 5.41) is 3.02. The molecule has 0 saturated carbocycles. The number of hydrogen-bond acceptors (Lipinski definition) is 4. The summed E-state index contributed by atoms with van der Waals surface area (Å²) in [6, 6.07) is 9.60. The Hall–Kier alpha value is -2.14. The van der Waals surface area contributed by atoms with Crippen LogP contribution >= 0.6 is 0 Å². The SMILES string of the molecule is CCn1ccnc(NCC(N)c2ccccc2)c1=O. The van der Waals surface area contributed by atoms with Crippen molar-refractivity contribution in [3.05, 3.63) is 58.6 Å². The van der Waals surface area contributed by atoms with Crippen molar-refractivity contribution in [2.24, 2.45) is 5.73 Å². The predicted molar refractivity (Wildman–Crippen MR) is 76.0 cm³/mol. The van der Waals surface area contributed by atoms with Crippen LogP contribution in [0.3, 0.4) is 0 Å². The van der Waals surface area contributed by atoms with Gasteiger partial charge in [0.25, 0.3) is 5.56 Å². The summed E-state index contributed by atoms with van der Waals surface area (Å²) in [7, 11) is 0. The molecular formula is C14H18N4O. The van der Waals surface area contributed by atoms with Crippen molar-refractivity contribution < 1.29 is 0 Å². The number of hydrogen-bond donors (Lipinski definition) is 2. The third-order valence-corrected chi connectivity index (χ3v) is 2.97. The average Bonchev–Trinajstić information content (AvgIpc) is 2.47. The topological polar surface area (TPSA) is 72.9 Å². The molecule has 1 aromatic heterocycles. The second-order valence-electron chi connectivity index (χ2n) is 4.27. The van der Waals surface area contributed by atoms with Crippen LogP contribution in [0, 0.1) is 0 Å². The largest absolute Gasteiger partial charge is 0.364 e. The first-order valence-electron chi connectivity index (χ1n) is 6.32. The predicted octanol–water partition coefficient (Wildman–Crippen LogP) is 1.38. The van der Waals surface area contributed by atoms with E-state index in [-0.39, 0.29) is 11.6 Å². The Kier molecular flexibility index (Phi) is 4.30. The smallest absolute Gasteiger partial charge is 0.293 e. The number of nitrogens with two attached hydrogens (primary N) is 1. The quantitative estimate of drug-likeness (QED) is 0.849. The number of nitrogens with zero attached hydrogens (tertiary/aromatic N) is 2. The van der Waals surface area contributed by atoms with Gasteiger partial charge in [-0.1, -0.05) is 30.3 Å². The zero-order valence-electron chi connectivity index (χ0n) is 10.9. The van der Waals surface area contributed by atoms with E-state index in [1.54, 1.807) is 17.0 Å². The van der Waals surface area contributed by atoms with Gasteiger partial charge in [-0.2, -0.15) is 0 Å². The van der Waals surface area contributed by atoms with E-state index in [0.29, 0.717) is 18.9 Å². The molecule has 0 saturated heterocycles. The van der Waals surface area contributed by atoms with E-state index in [4.69, 9.17) is 5.73 Å². The Morgan fingerprint density at radius 1 is 1.37 bits per heavy atom. The minimum Gasteiger partial charge on any atom is -0.364 e. The van der Waals surface area contributed by atoms with Crippen LogP contribution in [0.5, 0.6) is 0 Å². The highest BCUT2D eigenvalue weighted by Crippen LogP contribution is 2.09. The van der Waals surface area contributed by atoms with Crippen LogP contribution in [0.15, 0.2) is 47.5 Å². The minimum absolute atomic E-state index is 0.120. The van der Waals surface area contributed by atoms with E-state index in [1.165, 1.54) is 0 Å². The summed E-state index contributed by atoms with van der Waals surface area (Å²) in [5.41, 5.74) is 6.97. The summed E-state index contributed by atoms with van der Waals surface area (Å²) in [4.78, 5) is 16.0. The third-order valence-electron chi connectivity index (χ3n) is 2.97. The maximum Gasteiger partial charge on any atom is 0.293 e. The molecule has 100 valence electrons. The molecule has 0 aliphatic heterocycles. The number of aromatic nitrogens is 2. The lowest BCUT2D eigenvalue weighted by Crippen LogP contribution is -2.27. The van der Waals surface area contributed by atoms with Crippen molar-refractivity contribution in [2.75, 3.05) is 11.9 Å². The molecule has 1 atom stereocenters. The Balaban J connectivity index is 2.05. The zero-order chi connectivity index (χ0) is 13.7. The standard InChI is InChI=1S/C14H18N4O/c1-2-18-9-8-16-13(14(18)19)17-10-12(15)11-6-4-3-5-7-11/h3-9,12H,2,10,15H2,1H3,(H,16,17). The monoisotopic (exact) mass is 258 g/mol. The van der Waals surface area contributed by atoms with Crippen molar-refractivity contribution in [1.29, 1.82) is 0 Å². The van der Waals surface area contributed by atoms with Gasteiger partial charge >= 0.3 is 0 Å². The van der Waals surface area contributed by atoms with E-state index < -0.39 is 0 Å². The van der Waals surface area contributed by atoms with E-state index in [0.717, 1.165) is 5.56 Å². The number of benzene rings is 1. The molecule has 0 amide bonds. The van der Waals surface area contributed by atoms with Crippen LogP contribution in [0.4, 0.5) is 5.82 Å². The second-order valence-corrected chi connectivity index (χ2v) is 4.27. The minimum atomic E-state index is -0.169. The van der Waals surface area contributed by atoms with Crippen molar-refractivity contribution in [3.8, 4) is 0 Å². The van der Waals surface area contributed by atoms with E-state index in [9.17, 15) is 4.79 Å². The van der Waals surface area contributed by atoms with Crippen molar-refractivity contribution in [3.63, 3.8) is 0 Å². The fraction of sp³-hybridized carbons (Fsp3) is 0.286. The molecule has 0 bridgehead atoms. The molecule has 5 heteroatoms. The molecule has 1 aromatic carbocycles. The summed E-state index contributed by atoms with van der Waals surface area (Å²) < 4.78 is 1.60. The first kappa shape index (κ1) is 13.3. The Morgan fingerprint density at radius 3 is 2.79 bits per heavy atom. The van der Waals surface area contributed by atoms with Crippen LogP contribution in [-0.2, 0) is 6.54 Å². The first-order valence-corrected chi connectivity index (χ1v) is 6.32. The van der Waals surface area contributed by atoms with Gasteiger partial charge in [0.05, 0.1) is 0 Å². The third kappa shape index (κ3) is 3.20. The second kappa shape index (κ2) is 6.15. The molecular weight excluding hydrogens is 240 g/mol. The molecule has 0 spiro atoms. The molecule has 1 heterocycles. The Morgan fingerprint density at radius 2 is 2.11 bits per heavy atom. The summed E-state index contributed by atoms with van der Waals surface area (Å²) in [6.07, 6.45) is 3.28. The molecule has 5 nitrogen and oxygen atoms in total. The van der Waals surface area contributed by atoms with E-state index in [2.05, 4.69) is 10.3 Å². The van der Waals surface area contributed by atoms with Crippen LogP contribution in [-0.4, -0.2) is 16.1 Å². The number of rotatable bonds is 5. The number of aryl methyl sites for hydroxylation is 1. The highest BCUT2D eigenvalue weighted by Gasteiger charge is 2.08. The average molecular weight is 258 g/mol. The van der Waals surface area contributed by atoms with Gasteiger partial charge in [0.2, 0.25) is 0 Å². The number of nitrogens with one attached hydrogen (secondary N) is 1. The molecule has 1 unspecified atom stereocenters. The summed E-state index contributed by atoms with van der Waals surface area (Å²) in [6.45, 7) is 3.02. The summed E-state index contributed by atoms with van der Waals surface area (Å²) in [5.74, 6) is 0.343. The van der Waals surface area contributed by atoms with Gasteiger partial charge in [-0.15, -0.1) is 0 Å². The molecule has 2 rings (SSSR count). The molecule has 0 radical (unpaired) electrons. The maximum atomic E-state index is 11.9. The molecule has 2 aromatic rings. The van der Waals surface area contributed by atoms with Crippen LogP contribution < -0.4 is 16.6 Å². The maximum absolute atomic E-state index is 11.9. The van der Waals surface area contributed by atoms with Crippen molar-refractivity contribution >= 4 is 5.82 Å². The molecule has 19 heavy (non-hydrogen) atoms. The molecule has 0 aliphatic carbocycles. The fourth-order valence-electron chi connectivity index (χ4n) is 1.84. The Labute approximate surface area is 112 Å². The van der Waals surface area contributed by atoms with Gasteiger partial charge in [-0.3, -0.25) is 4.79 Å². The van der Waals surface area contributed by atoms with Gasteiger partial charge in [0, 0.05) is 31.5 Å². The van der Waals surface area contributed by atoms with Gasteiger partial charge in [-0.25, -0.2) is 4.98 Å². The summed E-state index contributed by atoms with van der Waals surface area (Å²) >= 11 is 0. The van der Waals surface area contributed by atoms with E-state index >= 15 is 0 Å². The molecule has 3 N–H and O–H groups in total. The van der Waals surface area contributed by atoms with Crippen molar-refractivity contribution in [1.82, 2.24) is 9.55 Å². The van der Waals surface area contributed by atoms with Gasteiger partial charge in [-0.05, 0) is 12.5 Å². The Bertz CT molecular complexity index is 579. The van der Waals surface area contributed by atoms with Gasteiger partial charge in [0.15, 0.2) is 5.82 Å².